The standard InChI is InChI=1S/C24H32N4O2S2/c1-4-6-7-8-14-28-23(30)20(32-24(28)31)15-18-17(3)19(16-25)22(29)27(11-5-2)21(18)26-12-9-10-13-26/h15H,4-14H2,1-3H3/b20-15+. The maximum atomic E-state index is 13.2. The highest BCUT2D eigenvalue weighted by molar-refractivity contribution is 8.26. The van der Waals surface area contributed by atoms with Crippen molar-refractivity contribution in [3.05, 3.63) is 31.9 Å². The van der Waals surface area contributed by atoms with Crippen molar-refractivity contribution in [2.45, 2.75) is 72.3 Å². The number of carbonyl (C=O) groups is 1. The second-order valence-electron chi connectivity index (χ2n) is 8.39. The molecule has 3 heterocycles. The van der Waals surface area contributed by atoms with Crippen molar-refractivity contribution in [2.24, 2.45) is 0 Å². The van der Waals surface area contributed by atoms with Gasteiger partial charge in [0.1, 0.15) is 21.8 Å². The van der Waals surface area contributed by atoms with Crippen molar-refractivity contribution in [1.29, 1.82) is 5.26 Å². The minimum Gasteiger partial charge on any atom is -0.357 e. The van der Waals surface area contributed by atoms with Crippen LogP contribution in [0.25, 0.3) is 6.08 Å². The van der Waals surface area contributed by atoms with E-state index in [4.69, 9.17) is 12.2 Å². The van der Waals surface area contributed by atoms with E-state index in [2.05, 4.69) is 17.9 Å². The third kappa shape index (κ3) is 4.94. The number of aromatic nitrogens is 1. The summed E-state index contributed by atoms with van der Waals surface area (Å²) in [6.45, 7) is 8.91. The molecule has 2 fully saturated rings. The Bertz CT molecular complexity index is 1020. The van der Waals surface area contributed by atoms with Crippen LogP contribution in [0, 0.1) is 18.3 Å². The van der Waals surface area contributed by atoms with E-state index in [1.807, 2.05) is 19.9 Å². The van der Waals surface area contributed by atoms with Crippen LogP contribution in [0.2, 0.25) is 0 Å². The smallest absolute Gasteiger partial charge is 0.270 e. The predicted octanol–water partition coefficient (Wildman–Crippen LogP) is 4.82. The van der Waals surface area contributed by atoms with Crippen LogP contribution in [0.4, 0.5) is 5.82 Å². The van der Waals surface area contributed by atoms with Gasteiger partial charge in [-0.3, -0.25) is 19.1 Å². The number of nitriles is 1. The largest absolute Gasteiger partial charge is 0.357 e. The molecule has 2 saturated heterocycles. The normalized spacial score (nSPS) is 17.6. The predicted molar refractivity (Wildman–Crippen MR) is 136 cm³/mol. The molecule has 2 aliphatic rings. The van der Waals surface area contributed by atoms with E-state index in [9.17, 15) is 14.9 Å². The quantitative estimate of drug-likeness (QED) is 0.292. The first-order valence-electron chi connectivity index (χ1n) is 11.6. The number of pyridine rings is 1. The molecule has 0 aliphatic carbocycles. The maximum Gasteiger partial charge on any atom is 0.270 e. The van der Waals surface area contributed by atoms with Gasteiger partial charge in [-0.2, -0.15) is 5.26 Å². The summed E-state index contributed by atoms with van der Waals surface area (Å²) in [5.74, 6) is 0.758. The number of amides is 1. The summed E-state index contributed by atoms with van der Waals surface area (Å²) in [5, 5.41) is 9.71. The van der Waals surface area contributed by atoms with Crippen molar-refractivity contribution in [2.75, 3.05) is 24.5 Å². The second kappa shape index (κ2) is 11.2. The fraction of sp³-hybridized carbons (Fsp3) is 0.583. The molecule has 0 bridgehead atoms. The third-order valence-corrected chi connectivity index (χ3v) is 7.46. The van der Waals surface area contributed by atoms with Gasteiger partial charge in [0.05, 0.1) is 4.91 Å². The Labute approximate surface area is 200 Å². The van der Waals surface area contributed by atoms with Gasteiger partial charge < -0.3 is 4.90 Å². The first-order valence-corrected chi connectivity index (χ1v) is 12.8. The number of thioether (sulfide) groups is 1. The van der Waals surface area contributed by atoms with E-state index < -0.39 is 0 Å². The summed E-state index contributed by atoms with van der Waals surface area (Å²) in [6.07, 6.45) is 9.10. The minimum absolute atomic E-state index is 0.0741. The highest BCUT2D eigenvalue weighted by Crippen LogP contribution is 2.36. The van der Waals surface area contributed by atoms with E-state index in [-0.39, 0.29) is 17.0 Å². The molecule has 8 heteroatoms. The molecule has 2 aliphatic heterocycles. The molecule has 172 valence electrons. The zero-order chi connectivity index (χ0) is 23.3. The average molecular weight is 473 g/mol. The molecule has 3 rings (SSSR count). The Kier molecular flexibility index (Phi) is 8.55. The topological polar surface area (TPSA) is 69.3 Å². The molecular formula is C24H32N4O2S2. The molecule has 0 unspecified atom stereocenters. The fourth-order valence-corrected chi connectivity index (χ4v) is 5.66. The van der Waals surface area contributed by atoms with Gasteiger partial charge in [0, 0.05) is 31.7 Å². The highest BCUT2D eigenvalue weighted by atomic mass is 32.2. The average Bonchev–Trinajstić information content (AvgIpc) is 3.39. The van der Waals surface area contributed by atoms with Crippen molar-refractivity contribution >= 4 is 46.1 Å². The zero-order valence-electron chi connectivity index (χ0n) is 19.3. The zero-order valence-corrected chi connectivity index (χ0v) is 20.9. The molecule has 6 nitrogen and oxygen atoms in total. The highest BCUT2D eigenvalue weighted by Gasteiger charge is 2.33. The number of carbonyl (C=O) groups excluding carboxylic acids is 1. The minimum atomic E-state index is -0.241. The van der Waals surface area contributed by atoms with Crippen LogP contribution in [0.1, 0.15) is 75.5 Å². The number of rotatable bonds is 9. The molecule has 1 aromatic heterocycles. The van der Waals surface area contributed by atoms with Crippen LogP contribution >= 0.6 is 24.0 Å². The van der Waals surface area contributed by atoms with Gasteiger partial charge in [-0.25, -0.2) is 0 Å². The molecule has 32 heavy (non-hydrogen) atoms. The van der Waals surface area contributed by atoms with Crippen LogP contribution in [0.3, 0.4) is 0 Å². The van der Waals surface area contributed by atoms with Crippen molar-refractivity contribution in [3.8, 4) is 6.07 Å². The monoisotopic (exact) mass is 472 g/mol. The SMILES string of the molecule is CCCCCCN1C(=O)/C(=C\c2c(C)c(C#N)c(=O)n(CCC)c2N2CCCC2)SC1=S. The lowest BCUT2D eigenvalue weighted by molar-refractivity contribution is -0.122. The summed E-state index contributed by atoms with van der Waals surface area (Å²) < 4.78 is 2.31. The van der Waals surface area contributed by atoms with Gasteiger partial charge in [0.15, 0.2) is 0 Å². The van der Waals surface area contributed by atoms with E-state index in [1.165, 1.54) is 11.8 Å². The third-order valence-electron chi connectivity index (χ3n) is 6.08. The Hall–Kier alpha value is -2.11. The molecule has 0 N–H and O–H groups in total. The van der Waals surface area contributed by atoms with Crippen molar-refractivity contribution < 1.29 is 4.79 Å². The molecule has 0 atom stereocenters. The van der Waals surface area contributed by atoms with E-state index >= 15 is 0 Å². The number of unbranched alkanes of at least 4 members (excludes halogenated alkanes) is 3. The summed E-state index contributed by atoms with van der Waals surface area (Å²) in [6, 6.07) is 2.11. The Morgan fingerprint density at radius 2 is 1.81 bits per heavy atom. The molecule has 0 radical (unpaired) electrons. The molecular weight excluding hydrogens is 440 g/mol. The maximum absolute atomic E-state index is 13.2. The fourth-order valence-electron chi connectivity index (χ4n) is 4.37. The van der Waals surface area contributed by atoms with Crippen molar-refractivity contribution in [3.63, 3.8) is 0 Å². The van der Waals surface area contributed by atoms with Crippen LogP contribution in [-0.2, 0) is 11.3 Å². The number of nitrogens with zero attached hydrogens (tertiary/aromatic N) is 4. The molecule has 0 saturated carbocycles. The Balaban J connectivity index is 2.07. The number of hydrogen-bond donors (Lipinski definition) is 0. The van der Waals surface area contributed by atoms with Gasteiger partial charge in [0.25, 0.3) is 11.5 Å². The van der Waals surface area contributed by atoms with Gasteiger partial charge >= 0.3 is 0 Å². The summed E-state index contributed by atoms with van der Waals surface area (Å²) in [4.78, 5) is 30.8. The number of hydrogen-bond acceptors (Lipinski definition) is 6. The Morgan fingerprint density at radius 1 is 1.09 bits per heavy atom. The van der Waals surface area contributed by atoms with Crippen molar-refractivity contribution in [1.82, 2.24) is 9.47 Å². The van der Waals surface area contributed by atoms with Gasteiger partial charge in [-0.1, -0.05) is 57.1 Å². The van der Waals surface area contributed by atoms with E-state index in [0.29, 0.717) is 27.9 Å². The van der Waals surface area contributed by atoms with Crippen LogP contribution in [0.5, 0.6) is 0 Å². The lowest BCUT2D eigenvalue weighted by atomic mass is 10.0. The van der Waals surface area contributed by atoms with Gasteiger partial charge in [-0.15, -0.1) is 0 Å². The van der Waals surface area contributed by atoms with E-state index in [1.54, 1.807) is 9.47 Å². The molecule has 1 amide bonds. The van der Waals surface area contributed by atoms with Crippen LogP contribution in [0.15, 0.2) is 9.70 Å². The molecule has 1 aromatic rings. The lowest BCUT2D eigenvalue weighted by Crippen LogP contribution is -2.33. The number of anilines is 1. The second-order valence-corrected chi connectivity index (χ2v) is 10.1. The lowest BCUT2D eigenvalue weighted by Gasteiger charge is -2.26. The Morgan fingerprint density at radius 3 is 2.44 bits per heavy atom. The molecule has 0 aromatic carbocycles. The first-order chi connectivity index (χ1) is 15.4. The number of thiocarbonyl (C=S) groups is 1. The van der Waals surface area contributed by atoms with E-state index in [0.717, 1.165) is 69.4 Å². The molecule has 0 spiro atoms. The summed E-state index contributed by atoms with van der Waals surface area (Å²) in [5.41, 5.74) is 1.35. The van der Waals surface area contributed by atoms with Crippen LogP contribution in [-0.4, -0.2) is 39.3 Å². The summed E-state index contributed by atoms with van der Waals surface area (Å²) in [7, 11) is 0. The first kappa shape index (κ1) is 24.5. The van der Waals surface area contributed by atoms with Gasteiger partial charge in [0.2, 0.25) is 0 Å². The summed E-state index contributed by atoms with van der Waals surface area (Å²) >= 11 is 6.83. The van der Waals surface area contributed by atoms with Crippen LogP contribution < -0.4 is 10.5 Å². The van der Waals surface area contributed by atoms with Gasteiger partial charge in [-0.05, 0) is 44.2 Å².